The second-order valence-corrected chi connectivity index (χ2v) is 6.92. The van der Waals surface area contributed by atoms with Crippen LogP contribution in [-0.4, -0.2) is 41.6 Å². The van der Waals surface area contributed by atoms with Crippen LogP contribution in [0.25, 0.3) is 0 Å². The maximum absolute atomic E-state index is 12.0. The zero-order valence-corrected chi connectivity index (χ0v) is 18.9. The van der Waals surface area contributed by atoms with Crippen LogP contribution in [0.1, 0.15) is 32.9 Å². The molecular weight excluding hydrogens is 477 g/mol. The number of nitrogens with zero attached hydrogens (tertiary/aromatic N) is 2. The summed E-state index contributed by atoms with van der Waals surface area (Å²) in [6.45, 7) is 8.22. The lowest BCUT2D eigenvalue weighted by molar-refractivity contribution is 0.0951. The number of halogens is 1. The van der Waals surface area contributed by atoms with E-state index in [0.717, 1.165) is 22.1 Å². The molecule has 0 spiro atoms. The molecule has 0 fully saturated rings. The molecule has 0 aliphatic carbocycles. The first-order valence-corrected chi connectivity index (χ1v) is 9.34. The highest BCUT2D eigenvalue weighted by atomic mass is 127. The van der Waals surface area contributed by atoms with E-state index in [0.29, 0.717) is 25.6 Å². The number of para-hydroxylation sites is 1. The molecule has 27 heavy (non-hydrogen) atoms. The van der Waals surface area contributed by atoms with Gasteiger partial charge in [-0.1, -0.05) is 12.1 Å². The summed E-state index contributed by atoms with van der Waals surface area (Å²) in [5.41, 5.74) is 1.28. The molecule has 1 heterocycles. The minimum absolute atomic E-state index is 0. The topological polar surface area (TPSA) is 98.6 Å². The van der Waals surface area contributed by atoms with Gasteiger partial charge in [-0.15, -0.1) is 35.3 Å². The average molecular weight is 503 g/mol. The van der Waals surface area contributed by atoms with Gasteiger partial charge in [-0.05, 0) is 32.9 Å². The smallest absolute Gasteiger partial charge is 0.255 e. The number of aromatic hydroxyl groups is 1. The van der Waals surface area contributed by atoms with Crippen LogP contribution in [0, 0.1) is 13.8 Å². The summed E-state index contributed by atoms with van der Waals surface area (Å²) in [7, 11) is 0. The van der Waals surface area contributed by atoms with Crippen molar-refractivity contribution in [3.63, 3.8) is 0 Å². The minimum Gasteiger partial charge on any atom is -0.507 e. The number of hydrogen-bond acceptors (Lipinski definition) is 5. The van der Waals surface area contributed by atoms with E-state index >= 15 is 0 Å². The molecule has 4 N–H and O–H groups in total. The lowest BCUT2D eigenvalue weighted by Gasteiger charge is -2.12. The van der Waals surface area contributed by atoms with Crippen LogP contribution in [0.2, 0.25) is 0 Å². The third-order valence-electron chi connectivity index (χ3n) is 3.58. The van der Waals surface area contributed by atoms with E-state index in [1.807, 2.05) is 20.8 Å². The van der Waals surface area contributed by atoms with Crippen molar-refractivity contribution in [2.45, 2.75) is 27.3 Å². The number of aliphatic imine (C=N–C) groups is 1. The van der Waals surface area contributed by atoms with Crippen molar-refractivity contribution in [3.8, 4) is 5.75 Å². The molecule has 148 valence electrons. The fourth-order valence-electron chi connectivity index (χ4n) is 2.33. The molecular formula is C18H26IN5O2S. The van der Waals surface area contributed by atoms with E-state index in [-0.39, 0.29) is 41.2 Å². The number of aryl methyl sites for hydroxylation is 2. The summed E-state index contributed by atoms with van der Waals surface area (Å²) >= 11 is 1.65. The predicted molar refractivity (Wildman–Crippen MR) is 120 cm³/mol. The molecule has 0 radical (unpaired) electrons. The van der Waals surface area contributed by atoms with Gasteiger partial charge in [-0.2, -0.15) is 0 Å². The average Bonchev–Trinajstić information content (AvgIpc) is 2.94. The number of benzene rings is 1. The van der Waals surface area contributed by atoms with Gasteiger partial charge in [-0.25, -0.2) is 9.98 Å². The summed E-state index contributed by atoms with van der Waals surface area (Å²) in [5.74, 6) is 0.362. The van der Waals surface area contributed by atoms with Crippen molar-refractivity contribution in [2.24, 2.45) is 4.99 Å². The highest BCUT2D eigenvalue weighted by Crippen LogP contribution is 2.17. The van der Waals surface area contributed by atoms with Gasteiger partial charge in [-0.3, -0.25) is 4.79 Å². The number of aromatic nitrogens is 1. The molecule has 1 aromatic heterocycles. The molecule has 0 bridgehead atoms. The van der Waals surface area contributed by atoms with Crippen LogP contribution < -0.4 is 16.0 Å². The normalized spacial score (nSPS) is 10.9. The third kappa shape index (κ3) is 7.33. The van der Waals surface area contributed by atoms with Gasteiger partial charge in [0.2, 0.25) is 0 Å². The van der Waals surface area contributed by atoms with Crippen LogP contribution in [0.5, 0.6) is 5.75 Å². The zero-order chi connectivity index (χ0) is 18.9. The Balaban J connectivity index is 0.00000364. The SMILES string of the molecule is CCNC(=NCc1sc(C)nc1C)NCCNC(=O)c1ccccc1O.I. The predicted octanol–water partition coefficient (Wildman–Crippen LogP) is 2.57. The van der Waals surface area contributed by atoms with Crippen LogP contribution in [0.15, 0.2) is 29.3 Å². The number of amides is 1. The van der Waals surface area contributed by atoms with Crippen molar-refractivity contribution in [2.75, 3.05) is 19.6 Å². The van der Waals surface area contributed by atoms with E-state index in [1.165, 1.54) is 6.07 Å². The molecule has 7 nitrogen and oxygen atoms in total. The Labute approximate surface area is 180 Å². The second-order valence-electron chi connectivity index (χ2n) is 5.64. The van der Waals surface area contributed by atoms with Gasteiger partial charge < -0.3 is 21.1 Å². The quantitative estimate of drug-likeness (QED) is 0.202. The summed E-state index contributed by atoms with van der Waals surface area (Å²) < 4.78 is 0. The fraction of sp³-hybridized carbons (Fsp3) is 0.389. The van der Waals surface area contributed by atoms with Crippen molar-refractivity contribution in [1.82, 2.24) is 20.9 Å². The van der Waals surface area contributed by atoms with E-state index in [9.17, 15) is 9.90 Å². The molecule has 0 saturated carbocycles. The van der Waals surface area contributed by atoms with Gasteiger partial charge in [0.05, 0.1) is 22.8 Å². The van der Waals surface area contributed by atoms with Gasteiger partial charge in [0, 0.05) is 24.5 Å². The maximum Gasteiger partial charge on any atom is 0.255 e. The monoisotopic (exact) mass is 503 g/mol. The summed E-state index contributed by atoms with van der Waals surface area (Å²) in [6, 6.07) is 6.47. The van der Waals surface area contributed by atoms with Gasteiger partial charge >= 0.3 is 0 Å². The second kappa shape index (κ2) is 11.8. The van der Waals surface area contributed by atoms with Crippen molar-refractivity contribution >= 4 is 47.2 Å². The number of rotatable bonds is 7. The first kappa shape index (κ1) is 23.2. The maximum atomic E-state index is 12.0. The van der Waals surface area contributed by atoms with Crippen LogP contribution in [0.4, 0.5) is 0 Å². The standard InChI is InChI=1S/C18H25N5O2S.HI/c1-4-19-18(22-11-16-12(2)23-13(3)26-16)21-10-9-20-17(25)14-7-5-6-8-15(14)24;/h5-8,24H,4,9-11H2,1-3H3,(H,20,25)(H2,19,21,22);1H. The Morgan fingerprint density at radius 2 is 1.89 bits per heavy atom. The Morgan fingerprint density at radius 1 is 1.19 bits per heavy atom. The first-order chi connectivity index (χ1) is 12.5. The Bertz CT molecular complexity index is 779. The van der Waals surface area contributed by atoms with E-state index in [2.05, 4.69) is 25.9 Å². The van der Waals surface area contributed by atoms with E-state index in [4.69, 9.17) is 0 Å². The summed E-state index contributed by atoms with van der Waals surface area (Å²) in [5, 5.41) is 19.9. The molecule has 2 aromatic rings. The number of carbonyl (C=O) groups is 1. The third-order valence-corrected chi connectivity index (χ3v) is 4.63. The number of guanidine groups is 1. The Morgan fingerprint density at radius 3 is 2.52 bits per heavy atom. The molecule has 0 saturated heterocycles. The number of phenols is 1. The van der Waals surface area contributed by atoms with Crippen molar-refractivity contribution in [1.29, 1.82) is 0 Å². The zero-order valence-electron chi connectivity index (χ0n) is 15.7. The van der Waals surface area contributed by atoms with Crippen LogP contribution in [-0.2, 0) is 6.54 Å². The molecule has 2 rings (SSSR count). The highest BCUT2D eigenvalue weighted by molar-refractivity contribution is 14.0. The lowest BCUT2D eigenvalue weighted by Crippen LogP contribution is -2.41. The van der Waals surface area contributed by atoms with Crippen LogP contribution >= 0.6 is 35.3 Å². The van der Waals surface area contributed by atoms with E-state index in [1.54, 1.807) is 29.5 Å². The number of thiazole rings is 1. The summed E-state index contributed by atoms with van der Waals surface area (Å²) in [4.78, 5) is 22.1. The Kier molecular flexibility index (Phi) is 10.1. The van der Waals surface area contributed by atoms with Crippen molar-refractivity contribution < 1.29 is 9.90 Å². The van der Waals surface area contributed by atoms with Gasteiger partial charge in [0.15, 0.2) is 5.96 Å². The molecule has 0 atom stereocenters. The number of nitrogens with one attached hydrogen (secondary N) is 3. The minimum atomic E-state index is -0.303. The molecule has 1 aromatic carbocycles. The number of carbonyl (C=O) groups excluding carboxylic acids is 1. The molecule has 0 aliphatic heterocycles. The molecule has 9 heteroatoms. The van der Waals surface area contributed by atoms with Crippen LogP contribution in [0.3, 0.4) is 0 Å². The summed E-state index contributed by atoms with van der Waals surface area (Å²) in [6.07, 6.45) is 0. The molecule has 0 aliphatic rings. The first-order valence-electron chi connectivity index (χ1n) is 8.52. The molecule has 1 amide bonds. The van der Waals surface area contributed by atoms with E-state index < -0.39 is 0 Å². The van der Waals surface area contributed by atoms with Gasteiger partial charge in [0.1, 0.15) is 5.75 Å². The lowest BCUT2D eigenvalue weighted by atomic mass is 10.2. The number of hydrogen-bond donors (Lipinski definition) is 4. The fourth-order valence-corrected chi connectivity index (χ4v) is 3.19. The van der Waals surface area contributed by atoms with Crippen molar-refractivity contribution in [3.05, 3.63) is 45.4 Å². The van der Waals surface area contributed by atoms with Gasteiger partial charge in [0.25, 0.3) is 5.91 Å². The largest absolute Gasteiger partial charge is 0.507 e. The Hall–Kier alpha value is -1.88. The highest BCUT2D eigenvalue weighted by Gasteiger charge is 2.09. The molecule has 0 unspecified atom stereocenters. The number of phenolic OH excluding ortho intramolecular Hbond substituents is 1.